The highest BCUT2D eigenvalue weighted by molar-refractivity contribution is 6.03. The number of nitrogens with one attached hydrogen (secondary N) is 2. The van der Waals surface area contributed by atoms with Crippen molar-refractivity contribution in [1.29, 1.82) is 0 Å². The van der Waals surface area contributed by atoms with Crippen molar-refractivity contribution in [3.63, 3.8) is 0 Å². The first-order valence-corrected chi connectivity index (χ1v) is 11.0. The molecule has 0 radical (unpaired) electrons. The fraction of sp³-hybridized carbons (Fsp3) is 0.148. The van der Waals surface area contributed by atoms with E-state index in [1.165, 1.54) is 24.3 Å². The van der Waals surface area contributed by atoms with Crippen LogP contribution in [0.4, 0.5) is 24.5 Å². The maximum Gasteiger partial charge on any atom is 0.416 e. The lowest BCUT2D eigenvalue weighted by molar-refractivity contribution is -0.137. The molecule has 0 spiro atoms. The quantitative estimate of drug-likeness (QED) is 0.349. The van der Waals surface area contributed by atoms with Crippen molar-refractivity contribution >= 4 is 28.8 Å². The molecule has 1 aliphatic heterocycles. The summed E-state index contributed by atoms with van der Waals surface area (Å²) in [5.41, 5.74) is 3.45. The van der Waals surface area contributed by atoms with Gasteiger partial charge < -0.3 is 15.7 Å². The number of halogens is 3. The van der Waals surface area contributed by atoms with Gasteiger partial charge in [-0.2, -0.15) is 13.2 Å². The molecule has 2 amide bonds. The van der Waals surface area contributed by atoms with Gasteiger partial charge in [0.15, 0.2) is 0 Å². The van der Waals surface area contributed by atoms with Crippen molar-refractivity contribution in [2.75, 3.05) is 10.6 Å². The summed E-state index contributed by atoms with van der Waals surface area (Å²) in [4.78, 5) is 28.4. The fourth-order valence-electron chi connectivity index (χ4n) is 3.86. The lowest BCUT2D eigenvalue weighted by atomic mass is 9.96. The van der Waals surface area contributed by atoms with Crippen molar-refractivity contribution in [3.05, 3.63) is 107 Å². The Hall–Kier alpha value is -4.24. The Morgan fingerprint density at radius 2 is 1.89 bits per heavy atom. The number of carbonyl (C=O) groups is 2. The molecule has 1 aliphatic rings. The number of aliphatic hydroxyl groups is 1. The number of amides is 2. The highest BCUT2D eigenvalue weighted by atomic mass is 19.4. The second-order valence-corrected chi connectivity index (χ2v) is 8.23. The minimum Gasteiger partial charge on any atom is -0.383 e. The van der Waals surface area contributed by atoms with E-state index in [0.29, 0.717) is 28.1 Å². The number of rotatable bonds is 5. The predicted molar refractivity (Wildman–Crippen MR) is 130 cm³/mol. The van der Waals surface area contributed by atoms with Gasteiger partial charge in [-0.15, -0.1) is 0 Å². The van der Waals surface area contributed by atoms with Crippen LogP contribution in [0.5, 0.6) is 0 Å². The average molecular weight is 493 g/mol. The van der Waals surface area contributed by atoms with Gasteiger partial charge in [-0.1, -0.05) is 30.4 Å². The smallest absolute Gasteiger partial charge is 0.383 e. The Morgan fingerprint density at radius 3 is 2.58 bits per heavy atom. The lowest BCUT2D eigenvalue weighted by Crippen LogP contribution is -2.34. The molecular weight excluding hydrogens is 471 g/mol. The van der Waals surface area contributed by atoms with Crippen molar-refractivity contribution in [3.8, 4) is 0 Å². The van der Waals surface area contributed by atoms with Gasteiger partial charge in [0.05, 0.1) is 5.56 Å². The number of hydrogen-bond donors (Lipinski definition) is 3. The van der Waals surface area contributed by atoms with Gasteiger partial charge in [-0.25, -0.2) is 0 Å². The van der Waals surface area contributed by atoms with Gasteiger partial charge in [0.25, 0.3) is 5.91 Å². The maximum absolute atomic E-state index is 13.0. The van der Waals surface area contributed by atoms with E-state index >= 15 is 0 Å². The molecule has 0 aliphatic carbocycles. The number of aromatic nitrogens is 1. The summed E-state index contributed by atoms with van der Waals surface area (Å²) in [6.45, 7) is 1.80. The molecule has 36 heavy (non-hydrogen) atoms. The molecule has 184 valence electrons. The molecule has 1 atom stereocenters. The average Bonchev–Trinajstić information content (AvgIpc) is 2.83. The third-order valence-electron chi connectivity index (χ3n) is 5.63. The van der Waals surface area contributed by atoms with Crippen LogP contribution >= 0.6 is 0 Å². The highest BCUT2D eigenvalue weighted by Crippen LogP contribution is 2.32. The van der Waals surface area contributed by atoms with Gasteiger partial charge in [-0.05, 0) is 60.0 Å². The molecule has 0 bridgehead atoms. The molecule has 1 aromatic heterocycles. The zero-order chi connectivity index (χ0) is 25.9. The molecule has 3 aromatic rings. The number of benzene rings is 2. The summed E-state index contributed by atoms with van der Waals surface area (Å²) in [6.07, 6.45) is 0.458. The van der Waals surface area contributed by atoms with Crippen LogP contribution in [0.1, 0.15) is 27.9 Å². The molecule has 0 saturated heterocycles. The third-order valence-corrected chi connectivity index (χ3v) is 5.63. The maximum atomic E-state index is 13.0. The summed E-state index contributed by atoms with van der Waals surface area (Å²) in [6, 6.07) is 13.3. The number of anilines is 2. The van der Waals surface area contributed by atoms with E-state index in [1.54, 1.807) is 49.5 Å². The number of fused-ring (bicyclic) bond motifs is 1. The molecule has 0 fully saturated rings. The molecule has 6 nitrogen and oxygen atoms in total. The van der Waals surface area contributed by atoms with Gasteiger partial charge in [0.2, 0.25) is 5.91 Å². The Bertz CT molecular complexity index is 1360. The summed E-state index contributed by atoms with van der Waals surface area (Å²) in [7, 11) is 0. The summed E-state index contributed by atoms with van der Waals surface area (Å²) >= 11 is 0. The predicted octanol–water partition coefficient (Wildman–Crippen LogP) is 4.89. The first kappa shape index (κ1) is 24.9. The monoisotopic (exact) mass is 493 g/mol. The van der Waals surface area contributed by atoms with E-state index in [9.17, 15) is 27.9 Å². The second kappa shape index (κ2) is 10.2. The first-order chi connectivity index (χ1) is 17.1. The van der Waals surface area contributed by atoms with Crippen LogP contribution in [0.25, 0.3) is 5.57 Å². The minimum atomic E-state index is -4.44. The summed E-state index contributed by atoms with van der Waals surface area (Å²) in [5.74, 6) is -0.957. The molecule has 1 unspecified atom stereocenters. The number of allylic oxidation sites excluding steroid dienone is 2. The van der Waals surface area contributed by atoms with Crippen LogP contribution in [0.2, 0.25) is 0 Å². The Kier molecular flexibility index (Phi) is 7.03. The number of aliphatic hydroxyl groups excluding tert-OH is 1. The van der Waals surface area contributed by atoms with E-state index in [2.05, 4.69) is 15.6 Å². The van der Waals surface area contributed by atoms with Crippen molar-refractivity contribution < 1.29 is 27.9 Å². The zero-order valence-corrected chi connectivity index (χ0v) is 19.1. The molecule has 2 heterocycles. The Labute approximate surface area is 205 Å². The van der Waals surface area contributed by atoms with Crippen LogP contribution in [0.15, 0.2) is 79.0 Å². The molecular formula is C27H22F3N3O3. The van der Waals surface area contributed by atoms with Crippen LogP contribution < -0.4 is 10.6 Å². The Morgan fingerprint density at radius 1 is 1.14 bits per heavy atom. The van der Waals surface area contributed by atoms with Crippen LogP contribution in [-0.4, -0.2) is 28.0 Å². The van der Waals surface area contributed by atoms with Gasteiger partial charge in [-0.3, -0.25) is 14.6 Å². The SMILES string of the molecule is Cc1cc(C(=CC=CC(=O)Nc2cccc3c2CC(O)C(=O)N3)c2ccc(C(F)(F)F)cc2)ccn1. The van der Waals surface area contributed by atoms with Crippen molar-refractivity contribution in [2.45, 2.75) is 25.6 Å². The standard InChI is InChI=1S/C27H22F3N3O3/c1-16-14-18(12-13-31-16)20(17-8-10-19(11-9-17)27(28,29)30)4-2-7-25(35)32-22-5-3-6-23-21(22)15-24(34)26(36)33-23/h2-14,24,34H,15H2,1H3,(H,32,35)(H,33,36). The first-order valence-electron chi connectivity index (χ1n) is 11.0. The summed E-state index contributed by atoms with van der Waals surface area (Å²) in [5, 5.41) is 15.2. The van der Waals surface area contributed by atoms with E-state index in [4.69, 9.17) is 0 Å². The number of aryl methyl sites for hydroxylation is 1. The number of carbonyl (C=O) groups excluding carboxylic acids is 2. The minimum absolute atomic E-state index is 0.0701. The number of hydrogen-bond acceptors (Lipinski definition) is 4. The molecule has 4 rings (SSSR count). The van der Waals surface area contributed by atoms with Crippen LogP contribution in [0, 0.1) is 6.92 Å². The van der Waals surface area contributed by atoms with Crippen LogP contribution in [-0.2, 0) is 22.2 Å². The van der Waals surface area contributed by atoms with Crippen molar-refractivity contribution in [2.24, 2.45) is 0 Å². The van der Waals surface area contributed by atoms with Gasteiger partial charge >= 0.3 is 6.18 Å². The Balaban J connectivity index is 1.59. The fourth-order valence-corrected chi connectivity index (χ4v) is 3.86. The normalized spacial score (nSPS) is 16.0. The number of alkyl halides is 3. The largest absolute Gasteiger partial charge is 0.416 e. The topological polar surface area (TPSA) is 91.3 Å². The summed E-state index contributed by atoms with van der Waals surface area (Å²) < 4.78 is 39.0. The van der Waals surface area contributed by atoms with Crippen molar-refractivity contribution in [1.82, 2.24) is 4.98 Å². The third kappa shape index (κ3) is 5.69. The lowest BCUT2D eigenvalue weighted by Gasteiger charge is -2.23. The number of nitrogens with zero attached hydrogens (tertiary/aromatic N) is 1. The van der Waals surface area contributed by atoms with E-state index in [1.807, 2.05) is 0 Å². The molecule has 9 heteroatoms. The zero-order valence-electron chi connectivity index (χ0n) is 19.1. The molecule has 3 N–H and O–H groups in total. The van der Waals surface area contributed by atoms with Gasteiger partial charge in [0.1, 0.15) is 6.10 Å². The van der Waals surface area contributed by atoms with E-state index in [-0.39, 0.29) is 6.42 Å². The van der Waals surface area contributed by atoms with Gasteiger partial charge in [0, 0.05) is 41.3 Å². The highest BCUT2D eigenvalue weighted by Gasteiger charge is 2.30. The molecule has 0 saturated carbocycles. The number of pyridine rings is 1. The second-order valence-electron chi connectivity index (χ2n) is 8.23. The van der Waals surface area contributed by atoms with E-state index in [0.717, 1.165) is 23.4 Å². The van der Waals surface area contributed by atoms with Crippen LogP contribution in [0.3, 0.4) is 0 Å². The van der Waals surface area contributed by atoms with E-state index < -0.39 is 29.7 Å². The molecule has 2 aromatic carbocycles.